The van der Waals surface area contributed by atoms with Gasteiger partial charge in [-0.25, -0.2) is 0 Å². The molecule has 1 unspecified atom stereocenters. The topological polar surface area (TPSA) is 54.1 Å². The van der Waals surface area contributed by atoms with E-state index in [0.717, 1.165) is 0 Å². The fraction of sp³-hybridized carbons (Fsp3) is 0.312. The zero-order valence-electron chi connectivity index (χ0n) is 12.8. The van der Waals surface area contributed by atoms with Gasteiger partial charge < -0.3 is 15.0 Å². The molecular weight excluding hydrogens is 345 g/mol. The lowest BCUT2D eigenvalue weighted by molar-refractivity contribution is -0.190. The Bertz CT molecular complexity index is 863. The molecule has 128 valence electrons. The number of aryl methyl sites for hydroxylation is 1. The molecule has 0 amide bonds. The number of ether oxygens (including phenoxy) is 1. The Labute approximate surface area is 140 Å². The summed E-state index contributed by atoms with van der Waals surface area (Å²) in [6, 6.07) is 5.47. The fourth-order valence-corrected chi connectivity index (χ4v) is 3.34. The van der Waals surface area contributed by atoms with Gasteiger partial charge in [0.1, 0.15) is 11.1 Å². The SMILES string of the molecule is COCC1(C(F)(F)F)c2cc(Cl)ccc2Nc2c1cc(C)[nH]c2=O. The van der Waals surface area contributed by atoms with E-state index >= 15 is 0 Å². The van der Waals surface area contributed by atoms with E-state index in [1.807, 2.05) is 0 Å². The molecule has 1 aromatic heterocycles. The van der Waals surface area contributed by atoms with Crippen LogP contribution in [0.1, 0.15) is 16.8 Å². The summed E-state index contributed by atoms with van der Waals surface area (Å²) >= 11 is 5.94. The zero-order chi connectivity index (χ0) is 17.7. The van der Waals surface area contributed by atoms with E-state index < -0.39 is 23.8 Å². The van der Waals surface area contributed by atoms with Crippen LogP contribution in [0.4, 0.5) is 24.5 Å². The van der Waals surface area contributed by atoms with E-state index in [1.165, 1.54) is 38.3 Å². The van der Waals surface area contributed by atoms with Crippen LogP contribution in [0.15, 0.2) is 29.1 Å². The third kappa shape index (κ3) is 2.31. The summed E-state index contributed by atoms with van der Waals surface area (Å²) in [7, 11) is 1.19. The van der Waals surface area contributed by atoms with Crippen LogP contribution in [0.2, 0.25) is 5.02 Å². The molecule has 1 aliphatic rings. The molecule has 4 nitrogen and oxygen atoms in total. The molecule has 0 fully saturated rings. The normalized spacial score (nSPS) is 19.4. The van der Waals surface area contributed by atoms with Crippen LogP contribution in [-0.4, -0.2) is 24.9 Å². The molecule has 1 aliphatic heterocycles. The van der Waals surface area contributed by atoms with E-state index in [4.69, 9.17) is 16.3 Å². The molecule has 2 heterocycles. The van der Waals surface area contributed by atoms with Gasteiger partial charge in [-0.05, 0) is 36.8 Å². The first-order valence-electron chi connectivity index (χ1n) is 7.08. The average molecular weight is 359 g/mol. The number of hydrogen-bond donors (Lipinski definition) is 2. The molecule has 0 saturated carbocycles. The summed E-state index contributed by atoms with van der Waals surface area (Å²) in [6.07, 6.45) is -4.69. The predicted molar refractivity (Wildman–Crippen MR) is 85.2 cm³/mol. The molecule has 3 rings (SSSR count). The lowest BCUT2D eigenvalue weighted by atomic mass is 9.71. The van der Waals surface area contributed by atoms with Gasteiger partial charge in [0.25, 0.3) is 5.56 Å². The summed E-state index contributed by atoms with van der Waals surface area (Å²) in [5.74, 6) is 0. The number of pyridine rings is 1. The van der Waals surface area contributed by atoms with Crippen LogP contribution in [0.3, 0.4) is 0 Å². The van der Waals surface area contributed by atoms with Crippen molar-refractivity contribution in [3.63, 3.8) is 0 Å². The second kappa shape index (κ2) is 5.53. The van der Waals surface area contributed by atoms with Gasteiger partial charge in [-0.15, -0.1) is 0 Å². The second-order valence-electron chi connectivity index (χ2n) is 5.72. The van der Waals surface area contributed by atoms with Crippen LogP contribution in [-0.2, 0) is 10.2 Å². The van der Waals surface area contributed by atoms with Gasteiger partial charge in [-0.3, -0.25) is 4.79 Å². The highest BCUT2D eigenvalue weighted by atomic mass is 35.5. The molecule has 0 radical (unpaired) electrons. The number of rotatable bonds is 2. The van der Waals surface area contributed by atoms with Crippen molar-refractivity contribution in [3.8, 4) is 0 Å². The lowest BCUT2D eigenvalue weighted by Crippen LogP contribution is -2.50. The van der Waals surface area contributed by atoms with Crippen molar-refractivity contribution in [2.24, 2.45) is 0 Å². The number of anilines is 2. The van der Waals surface area contributed by atoms with Crippen LogP contribution >= 0.6 is 11.6 Å². The zero-order valence-corrected chi connectivity index (χ0v) is 13.6. The van der Waals surface area contributed by atoms with Gasteiger partial charge in [-0.1, -0.05) is 11.6 Å². The number of nitrogens with one attached hydrogen (secondary N) is 2. The van der Waals surface area contributed by atoms with E-state index in [2.05, 4.69) is 10.3 Å². The molecule has 0 aliphatic carbocycles. The minimum absolute atomic E-state index is 0.0677. The summed E-state index contributed by atoms with van der Waals surface area (Å²) in [5.41, 5.74) is -2.97. The third-order valence-corrected chi connectivity index (χ3v) is 4.41. The monoisotopic (exact) mass is 358 g/mol. The maximum atomic E-state index is 14.3. The van der Waals surface area contributed by atoms with E-state index in [-0.39, 0.29) is 27.5 Å². The minimum atomic E-state index is -4.69. The molecule has 0 saturated heterocycles. The number of hydrogen-bond acceptors (Lipinski definition) is 3. The lowest BCUT2D eigenvalue weighted by Gasteiger charge is -2.41. The Hall–Kier alpha value is -1.99. The second-order valence-corrected chi connectivity index (χ2v) is 6.16. The van der Waals surface area contributed by atoms with Crippen molar-refractivity contribution < 1.29 is 17.9 Å². The Balaban J connectivity index is 2.47. The Morgan fingerprint density at radius 3 is 2.58 bits per heavy atom. The third-order valence-electron chi connectivity index (χ3n) is 4.17. The highest BCUT2D eigenvalue weighted by Crippen LogP contribution is 2.54. The van der Waals surface area contributed by atoms with Crippen molar-refractivity contribution in [2.45, 2.75) is 18.5 Å². The van der Waals surface area contributed by atoms with Crippen LogP contribution in [0, 0.1) is 6.92 Å². The first-order chi connectivity index (χ1) is 11.2. The molecule has 0 bridgehead atoms. The molecule has 2 aromatic rings. The smallest absolute Gasteiger partial charge is 0.383 e. The van der Waals surface area contributed by atoms with Gasteiger partial charge in [0.15, 0.2) is 0 Å². The van der Waals surface area contributed by atoms with Crippen LogP contribution < -0.4 is 10.9 Å². The van der Waals surface area contributed by atoms with Gasteiger partial charge in [0, 0.05) is 29.1 Å². The highest BCUT2D eigenvalue weighted by Gasteiger charge is 2.61. The van der Waals surface area contributed by atoms with Crippen LogP contribution in [0.5, 0.6) is 0 Å². The molecule has 2 N–H and O–H groups in total. The van der Waals surface area contributed by atoms with Gasteiger partial charge in [-0.2, -0.15) is 13.2 Å². The average Bonchev–Trinajstić information content (AvgIpc) is 2.47. The first kappa shape index (κ1) is 16.9. The number of H-pyrrole nitrogens is 1. The van der Waals surface area contributed by atoms with Crippen molar-refractivity contribution in [3.05, 3.63) is 56.5 Å². The predicted octanol–water partition coefficient (Wildman–Crippen LogP) is 3.89. The molecule has 1 atom stereocenters. The molecule has 0 spiro atoms. The molecule has 8 heteroatoms. The summed E-state index contributed by atoms with van der Waals surface area (Å²) in [6.45, 7) is 0.866. The number of benzene rings is 1. The van der Waals surface area contributed by atoms with Crippen molar-refractivity contribution in [2.75, 3.05) is 19.0 Å². The molecular formula is C16H14ClF3N2O2. The summed E-state index contributed by atoms with van der Waals surface area (Å²) in [5, 5.41) is 2.96. The number of fused-ring (bicyclic) bond motifs is 2. The number of aromatic amines is 1. The number of methoxy groups -OCH3 is 1. The van der Waals surface area contributed by atoms with Crippen LogP contribution in [0.25, 0.3) is 0 Å². The summed E-state index contributed by atoms with van der Waals surface area (Å²) < 4.78 is 47.8. The highest BCUT2D eigenvalue weighted by molar-refractivity contribution is 6.30. The van der Waals surface area contributed by atoms with E-state index in [0.29, 0.717) is 5.69 Å². The Kier molecular flexibility index (Phi) is 3.88. The Morgan fingerprint density at radius 2 is 1.96 bits per heavy atom. The maximum absolute atomic E-state index is 14.3. The van der Waals surface area contributed by atoms with Crippen molar-refractivity contribution in [1.82, 2.24) is 4.98 Å². The molecule has 24 heavy (non-hydrogen) atoms. The van der Waals surface area contributed by atoms with Crippen molar-refractivity contribution >= 4 is 23.0 Å². The number of aromatic nitrogens is 1. The van der Waals surface area contributed by atoms with Gasteiger partial charge in [0.05, 0.1) is 6.61 Å². The Morgan fingerprint density at radius 1 is 1.25 bits per heavy atom. The van der Waals surface area contributed by atoms with E-state index in [1.54, 1.807) is 0 Å². The standard InChI is InChI=1S/C16H14ClF3N2O2/c1-8-5-11-13(14(23)21-8)22-12-4-3-9(17)6-10(12)15(11,7-24-2)16(18,19)20/h3-6,22H,7H2,1-2H3,(H,21,23). The quantitative estimate of drug-likeness (QED) is 0.856. The van der Waals surface area contributed by atoms with Gasteiger partial charge >= 0.3 is 6.18 Å². The first-order valence-corrected chi connectivity index (χ1v) is 7.45. The van der Waals surface area contributed by atoms with Gasteiger partial charge in [0.2, 0.25) is 0 Å². The maximum Gasteiger partial charge on any atom is 0.404 e. The summed E-state index contributed by atoms with van der Waals surface area (Å²) in [4.78, 5) is 14.7. The fourth-order valence-electron chi connectivity index (χ4n) is 3.17. The largest absolute Gasteiger partial charge is 0.404 e. The van der Waals surface area contributed by atoms with E-state index in [9.17, 15) is 18.0 Å². The number of halogens is 4. The van der Waals surface area contributed by atoms with Crippen molar-refractivity contribution in [1.29, 1.82) is 0 Å². The number of alkyl halides is 3. The molecule has 1 aromatic carbocycles. The minimum Gasteiger partial charge on any atom is -0.383 e.